The molecule has 4 nitrogen and oxygen atoms in total. The van der Waals surface area contributed by atoms with Crippen molar-refractivity contribution in [3.8, 4) is 0 Å². The molecule has 20 heavy (non-hydrogen) atoms. The smallest absolute Gasteiger partial charge is 0.308 e. The van der Waals surface area contributed by atoms with E-state index in [0.717, 1.165) is 38.0 Å². The van der Waals surface area contributed by atoms with E-state index in [4.69, 9.17) is 10.5 Å². The zero-order valence-corrected chi connectivity index (χ0v) is 12.3. The fraction of sp³-hybridized carbons (Fsp3) is 0.562. The second-order valence-corrected chi connectivity index (χ2v) is 5.59. The minimum Gasteiger partial charge on any atom is -0.469 e. The highest BCUT2D eigenvalue weighted by atomic mass is 16.5. The van der Waals surface area contributed by atoms with Crippen LogP contribution in [0.15, 0.2) is 24.3 Å². The highest BCUT2D eigenvalue weighted by Gasteiger charge is 2.27. The summed E-state index contributed by atoms with van der Waals surface area (Å²) in [6.45, 7) is 4.13. The average Bonchev–Trinajstić information content (AvgIpc) is 2.49. The summed E-state index contributed by atoms with van der Waals surface area (Å²) in [7, 11) is 1.47. The third-order valence-corrected chi connectivity index (χ3v) is 4.26. The largest absolute Gasteiger partial charge is 0.469 e. The van der Waals surface area contributed by atoms with Crippen LogP contribution in [0.2, 0.25) is 0 Å². The summed E-state index contributed by atoms with van der Waals surface area (Å²) in [4.78, 5) is 14.0. The van der Waals surface area contributed by atoms with Crippen molar-refractivity contribution in [2.75, 3.05) is 25.9 Å². The number of rotatable bonds is 4. The van der Waals surface area contributed by atoms with Crippen LogP contribution in [0.4, 0.5) is 5.69 Å². The van der Waals surface area contributed by atoms with Crippen molar-refractivity contribution in [1.29, 1.82) is 0 Å². The molecule has 0 bridgehead atoms. The summed E-state index contributed by atoms with van der Waals surface area (Å²) < 4.78 is 4.82. The van der Waals surface area contributed by atoms with Crippen LogP contribution in [0, 0.1) is 5.92 Å². The Labute approximate surface area is 120 Å². The van der Waals surface area contributed by atoms with Gasteiger partial charge in [0.25, 0.3) is 0 Å². The van der Waals surface area contributed by atoms with E-state index in [1.807, 2.05) is 18.2 Å². The van der Waals surface area contributed by atoms with Crippen LogP contribution < -0.4 is 5.73 Å². The van der Waals surface area contributed by atoms with Gasteiger partial charge in [-0.3, -0.25) is 4.79 Å². The van der Waals surface area contributed by atoms with E-state index in [1.165, 1.54) is 12.7 Å². The summed E-state index contributed by atoms with van der Waals surface area (Å²) in [5, 5.41) is 0. The summed E-state index contributed by atoms with van der Waals surface area (Å²) in [5.41, 5.74) is 8.07. The molecule has 110 valence electrons. The maximum atomic E-state index is 11.5. The first kappa shape index (κ1) is 14.9. The molecule has 0 radical (unpaired) electrons. The number of para-hydroxylation sites is 1. The molecule has 1 fully saturated rings. The van der Waals surface area contributed by atoms with E-state index in [2.05, 4.69) is 17.9 Å². The van der Waals surface area contributed by atoms with Crippen LogP contribution in [-0.2, 0) is 16.0 Å². The topological polar surface area (TPSA) is 55.6 Å². The van der Waals surface area contributed by atoms with E-state index >= 15 is 0 Å². The molecule has 0 aromatic heterocycles. The van der Waals surface area contributed by atoms with Crippen LogP contribution in [0.3, 0.4) is 0 Å². The van der Waals surface area contributed by atoms with Crippen molar-refractivity contribution >= 4 is 11.7 Å². The van der Waals surface area contributed by atoms with Crippen molar-refractivity contribution in [2.45, 2.75) is 32.2 Å². The number of carbonyl (C=O) groups is 1. The Morgan fingerprint density at radius 3 is 2.65 bits per heavy atom. The normalized spacial score (nSPS) is 18.7. The molecule has 0 saturated carbocycles. The third kappa shape index (κ3) is 3.51. The maximum Gasteiger partial charge on any atom is 0.308 e. The highest BCUT2D eigenvalue weighted by molar-refractivity contribution is 5.72. The van der Waals surface area contributed by atoms with E-state index in [9.17, 15) is 4.79 Å². The molecule has 1 saturated heterocycles. The lowest BCUT2D eigenvalue weighted by Gasteiger charge is -2.35. The quantitative estimate of drug-likeness (QED) is 0.676. The number of anilines is 1. The van der Waals surface area contributed by atoms with E-state index < -0.39 is 0 Å². The van der Waals surface area contributed by atoms with Gasteiger partial charge in [-0.25, -0.2) is 0 Å². The van der Waals surface area contributed by atoms with Gasteiger partial charge in [0, 0.05) is 11.7 Å². The molecule has 1 aromatic carbocycles. The molecule has 0 spiro atoms. The fourth-order valence-corrected chi connectivity index (χ4v) is 2.91. The van der Waals surface area contributed by atoms with E-state index in [-0.39, 0.29) is 11.9 Å². The number of ether oxygens (including phenoxy) is 1. The summed E-state index contributed by atoms with van der Waals surface area (Å²) >= 11 is 0. The molecule has 1 aliphatic rings. The minimum atomic E-state index is -0.0652. The molecule has 1 unspecified atom stereocenters. The molecule has 1 aliphatic heterocycles. The van der Waals surface area contributed by atoms with Crippen molar-refractivity contribution in [2.24, 2.45) is 5.92 Å². The molecule has 0 aliphatic carbocycles. The Balaban J connectivity index is 1.87. The Hall–Kier alpha value is -1.55. The highest BCUT2D eigenvalue weighted by Crippen LogP contribution is 2.22. The minimum absolute atomic E-state index is 0.0652. The molecular formula is C16H24N2O2. The van der Waals surface area contributed by atoms with Gasteiger partial charge in [-0.15, -0.1) is 0 Å². The van der Waals surface area contributed by atoms with E-state index in [1.54, 1.807) is 0 Å². The lowest BCUT2D eigenvalue weighted by atomic mass is 9.94. The van der Waals surface area contributed by atoms with Gasteiger partial charge in [0.15, 0.2) is 0 Å². The number of nitrogens with zero attached hydrogens (tertiary/aromatic N) is 1. The van der Waals surface area contributed by atoms with Gasteiger partial charge in [-0.05, 0) is 50.9 Å². The first-order chi connectivity index (χ1) is 9.61. The molecule has 2 rings (SSSR count). The predicted molar refractivity (Wildman–Crippen MR) is 80.3 cm³/mol. The number of piperidine rings is 1. The van der Waals surface area contributed by atoms with Gasteiger partial charge in [-0.1, -0.05) is 18.2 Å². The summed E-state index contributed by atoms with van der Waals surface area (Å²) in [5.74, 6) is 0.00912. The number of likely N-dealkylation sites (tertiary alicyclic amines) is 1. The zero-order chi connectivity index (χ0) is 14.5. The summed E-state index contributed by atoms with van der Waals surface area (Å²) in [6.07, 6.45) is 2.73. The maximum absolute atomic E-state index is 11.5. The zero-order valence-electron chi connectivity index (χ0n) is 12.3. The number of hydrogen-bond acceptors (Lipinski definition) is 4. The summed E-state index contributed by atoms with van der Waals surface area (Å²) in [6, 6.07) is 8.48. The predicted octanol–water partition coefficient (Wildman–Crippen LogP) is 2.08. The Bertz CT molecular complexity index is 454. The number of nitrogen functional groups attached to an aromatic ring is 1. The SMILES string of the molecule is COC(=O)C1CCN(C(C)Cc2ccccc2N)CC1. The lowest BCUT2D eigenvalue weighted by Crippen LogP contribution is -2.42. The number of esters is 1. The molecule has 1 aromatic rings. The second kappa shape index (κ2) is 6.75. The standard InChI is InChI=1S/C16H24N2O2/c1-12(11-14-5-3-4-6-15(14)17)18-9-7-13(8-10-18)16(19)20-2/h3-6,12-13H,7-11,17H2,1-2H3. The van der Waals surface area contributed by atoms with Gasteiger partial charge in [-0.2, -0.15) is 0 Å². The van der Waals surface area contributed by atoms with Gasteiger partial charge in [0.05, 0.1) is 13.0 Å². The number of hydrogen-bond donors (Lipinski definition) is 1. The number of benzene rings is 1. The van der Waals surface area contributed by atoms with E-state index in [0.29, 0.717) is 6.04 Å². The Kier molecular flexibility index (Phi) is 5.01. The number of nitrogens with two attached hydrogens (primary N) is 1. The van der Waals surface area contributed by atoms with Crippen LogP contribution in [0.1, 0.15) is 25.3 Å². The van der Waals surface area contributed by atoms with Crippen LogP contribution >= 0.6 is 0 Å². The molecule has 4 heteroatoms. The van der Waals surface area contributed by atoms with Crippen molar-refractivity contribution in [3.63, 3.8) is 0 Å². The Morgan fingerprint density at radius 2 is 2.05 bits per heavy atom. The fourth-order valence-electron chi connectivity index (χ4n) is 2.91. The Morgan fingerprint density at radius 1 is 1.40 bits per heavy atom. The molecule has 1 heterocycles. The van der Waals surface area contributed by atoms with Gasteiger partial charge in [0.2, 0.25) is 0 Å². The van der Waals surface area contributed by atoms with Crippen LogP contribution in [0.25, 0.3) is 0 Å². The second-order valence-electron chi connectivity index (χ2n) is 5.59. The average molecular weight is 276 g/mol. The van der Waals surface area contributed by atoms with Gasteiger partial charge in [0.1, 0.15) is 0 Å². The number of methoxy groups -OCH3 is 1. The number of carbonyl (C=O) groups excluding carboxylic acids is 1. The third-order valence-electron chi connectivity index (χ3n) is 4.26. The molecular weight excluding hydrogens is 252 g/mol. The van der Waals surface area contributed by atoms with Crippen molar-refractivity contribution < 1.29 is 9.53 Å². The first-order valence-electron chi connectivity index (χ1n) is 7.27. The van der Waals surface area contributed by atoms with Crippen LogP contribution in [-0.4, -0.2) is 37.1 Å². The monoisotopic (exact) mass is 276 g/mol. The van der Waals surface area contributed by atoms with Crippen molar-refractivity contribution in [3.05, 3.63) is 29.8 Å². The van der Waals surface area contributed by atoms with Gasteiger partial charge < -0.3 is 15.4 Å². The molecule has 0 amide bonds. The van der Waals surface area contributed by atoms with Crippen molar-refractivity contribution in [1.82, 2.24) is 4.90 Å². The molecule has 2 N–H and O–H groups in total. The lowest BCUT2D eigenvalue weighted by molar-refractivity contribution is -0.147. The van der Waals surface area contributed by atoms with Crippen LogP contribution in [0.5, 0.6) is 0 Å². The molecule has 1 atom stereocenters. The van der Waals surface area contributed by atoms with Gasteiger partial charge >= 0.3 is 5.97 Å². The first-order valence-corrected chi connectivity index (χ1v) is 7.27.